The molecule has 51 heavy (non-hydrogen) atoms. The molecule has 0 spiro atoms. The molecule has 2 saturated heterocycles. The van der Waals surface area contributed by atoms with Gasteiger partial charge in [0.15, 0.2) is 35.4 Å². The lowest BCUT2D eigenvalue weighted by atomic mass is 10.1. The summed E-state index contributed by atoms with van der Waals surface area (Å²) in [4.78, 5) is 47.2. The fraction of sp³-hybridized carbons (Fsp3) is 0.615. The van der Waals surface area contributed by atoms with Crippen molar-refractivity contribution in [1.29, 1.82) is 0 Å². The quantitative estimate of drug-likeness (QED) is 0.0743. The second-order valence-corrected chi connectivity index (χ2v) is 17.7. The topological polar surface area (TPSA) is 307 Å². The number of rotatable bonds is 14. The van der Waals surface area contributed by atoms with Crippen molar-refractivity contribution in [3.8, 4) is 0 Å². The molecule has 25 heteroatoms. The van der Waals surface area contributed by atoms with E-state index in [0.717, 1.165) is 12.8 Å². The molecular weight excluding hydrogens is 754 g/mol. The van der Waals surface area contributed by atoms with E-state index in [1.54, 1.807) is 0 Å². The molecule has 2 aliphatic rings. The molecule has 0 amide bonds. The molecule has 6 heterocycles. The number of anilines is 2. The van der Waals surface area contributed by atoms with Crippen LogP contribution in [-0.4, -0.2) is 119 Å². The summed E-state index contributed by atoms with van der Waals surface area (Å²) in [6.45, 7) is -5.98. The Balaban J connectivity index is 1.06. The van der Waals surface area contributed by atoms with Crippen molar-refractivity contribution in [3.63, 3.8) is 0 Å². The SMILES string of the molecule is CCCc1nc(N)c2ncn([C@@H]3O[C@H](COP(O)(=S)OP(O)(=S)OC[C@H]4O[C@@H](n5cnc6c(N)nc(CCC)nc65)[C@H](O)[C@@H]4O)[C@@H](O)[C@H]3O)c2n1. The molecule has 2 fully saturated rings. The van der Waals surface area contributed by atoms with Gasteiger partial charge in [0.1, 0.15) is 59.3 Å². The van der Waals surface area contributed by atoms with Crippen LogP contribution in [0.2, 0.25) is 0 Å². The van der Waals surface area contributed by atoms with E-state index in [1.165, 1.54) is 21.8 Å². The van der Waals surface area contributed by atoms with E-state index in [4.69, 9.17) is 57.9 Å². The van der Waals surface area contributed by atoms with Gasteiger partial charge in [-0.15, -0.1) is 0 Å². The molecule has 0 radical (unpaired) electrons. The van der Waals surface area contributed by atoms with Crippen molar-refractivity contribution < 1.29 is 53.0 Å². The molecule has 0 aliphatic carbocycles. The van der Waals surface area contributed by atoms with Crippen LogP contribution in [0.5, 0.6) is 0 Å². The van der Waals surface area contributed by atoms with Crippen molar-refractivity contribution in [2.45, 2.75) is 88.6 Å². The van der Waals surface area contributed by atoms with Crippen molar-refractivity contribution in [2.24, 2.45) is 0 Å². The zero-order valence-electron chi connectivity index (χ0n) is 27.2. The molecule has 21 nitrogen and oxygen atoms in total. The number of nitrogens with zero attached hydrogens (tertiary/aromatic N) is 8. The Bertz CT molecular complexity index is 1850. The molecular formula is C26H38N10O11P2S2. The van der Waals surface area contributed by atoms with Gasteiger partial charge in [0.2, 0.25) is 0 Å². The molecule has 0 bridgehead atoms. The molecule has 0 aromatic carbocycles. The third kappa shape index (κ3) is 7.93. The van der Waals surface area contributed by atoms with Gasteiger partial charge in [-0.05, 0) is 36.5 Å². The van der Waals surface area contributed by atoms with E-state index in [-0.39, 0.29) is 34.0 Å². The first-order valence-electron chi connectivity index (χ1n) is 15.8. The maximum Gasteiger partial charge on any atom is 0.331 e. The predicted octanol–water partition coefficient (Wildman–Crippen LogP) is -0.543. The highest BCUT2D eigenvalue weighted by Crippen LogP contribution is 2.61. The minimum Gasteiger partial charge on any atom is -0.387 e. The van der Waals surface area contributed by atoms with Gasteiger partial charge < -0.3 is 60.2 Å². The van der Waals surface area contributed by atoms with E-state index in [1.807, 2.05) is 13.8 Å². The largest absolute Gasteiger partial charge is 0.387 e. The Morgan fingerprint density at radius 1 is 0.706 bits per heavy atom. The van der Waals surface area contributed by atoms with Crippen LogP contribution in [0.15, 0.2) is 12.7 Å². The van der Waals surface area contributed by atoms with Crippen LogP contribution < -0.4 is 11.5 Å². The first-order chi connectivity index (χ1) is 24.1. The Morgan fingerprint density at radius 3 is 1.47 bits per heavy atom. The number of ether oxygens (including phenoxy) is 2. The van der Waals surface area contributed by atoms with Crippen LogP contribution >= 0.6 is 13.4 Å². The summed E-state index contributed by atoms with van der Waals surface area (Å²) in [5, 5.41) is 43.0. The van der Waals surface area contributed by atoms with Crippen molar-refractivity contribution in [1.82, 2.24) is 39.0 Å². The lowest BCUT2D eigenvalue weighted by Gasteiger charge is -2.24. The predicted molar refractivity (Wildman–Crippen MR) is 185 cm³/mol. The van der Waals surface area contributed by atoms with Crippen LogP contribution in [0.3, 0.4) is 0 Å². The highest BCUT2D eigenvalue weighted by molar-refractivity contribution is 8.14. The van der Waals surface area contributed by atoms with Crippen LogP contribution in [0.1, 0.15) is 50.8 Å². The molecule has 10 atom stereocenters. The van der Waals surface area contributed by atoms with Crippen LogP contribution in [0, 0.1) is 0 Å². The van der Waals surface area contributed by atoms with Crippen LogP contribution in [0.25, 0.3) is 22.3 Å². The summed E-state index contributed by atoms with van der Waals surface area (Å²) in [7, 11) is 0. The summed E-state index contributed by atoms with van der Waals surface area (Å²) in [6, 6.07) is 0. The Kier molecular flexibility index (Phi) is 11.4. The maximum absolute atomic E-state index is 10.8. The van der Waals surface area contributed by atoms with Crippen LogP contribution in [-0.2, 0) is 59.3 Å². The first-order valence-corrected chi connectivity index (χ1v) is 21.0. The van der Waals surface area contributed by atoms with Gasteiger partial charge in [-0.1, -0.05) is 13.8 Å². The van der Waals surface area contributed by atoms with E-state index < -0.39 is 75.7 Å². The minimum absolute atomic E-state index is 0.147. The molecule has 2 unspecified atom stereocenters. The minimum atomic E-state index is -4.35. The second-order valence-electron chi connectivity index (χ2n) is 11.9. The third-order valence-electron chi connectivity index (χ3n) is 8.17. The molecule has 2 aliphatic heterocycles. The van der Waals surface area contributed by atoms with Gasteiger partial charge in [-0.2, -0.15) is 0 Å². The summed E-state index contributed by atoms with van der Waals surface area (Å²) in [5.74, 6) is 1.23. The van der Waals surface area contributed by atoms with E-state index >= 15 is 0 Å². The zero-order valence-corrected chi connectivity index (χ0v) is 30.6. The summed E-state index contributed by atoms with van der Waals surface area (Å²) in [5.41, 5.74) is 13.2. The number of aryl methyl sites for hydroxylation is 2. The van der Waals surface area contributed by atoms with Crippen LogP contribution in [0.4, 0.5) is 11.6 Å². The number of nitrogen functional groups attached to an aromatic ring is 2. The van der Waals surface area contributed by atoms with Gasteiger partial charge in [-0.25, -0.2) is 34.2 Å². The van der Waals surface area contributed by atoms with Crippen molar-refractivity contribution >= 4 is 71.0 Å². The molecule has 10 N–H and O–H groups in total. The molecule has 280 valence electrons. The van der Waals surface area contributed by atoms with Gasteiger partial charge >= 0.3 is 13.4 Å². The van der Waals surface area contributed by atoms with Gasteiger partial charge in [0.25, 0.3) is 0 Å². The Hall–Kier alpha value is -2.44. The lowest BCUT2D eigenvalue weighted by molar-refractivity contribution is -0.0504. The molecule has 0 saturated carbocycles. The van der Waals surface area contributed by atoms with Crippen molar-refractivity contribution in [2.75, 3.05) is 24.7 Å². The van der Waals surface area contributed by atoms with Gasteiger partial charge in [0, 0.05) is 12.8 Å². The summed E-state index contributed by atoms with van der Waals surface area (Å²) < 4.78 is 30.2. The number of hydrogen-bond acceptors (Lipinski definition) is 19. The molecule has 4 aromatic heterocycles. The number of nitrogens with two attached hydrogens (primary N) is 2. The molecule has 4 aromatic rings. The zero-order chi connectivity index (χ0) is 36.8. The number of aliphatic hydroxyl groups is 4. The monoisotopic (exact) mass is 792 g/mol. The fourth-order valence-corrected chi connectivity index (χ4v) is 10.2. The normalized spacial score (nSPS) is 29.2. The number of fused-ring (bicyclic) bond motifs is 2. The average molecular weight is 793 g/mol. The van der Waals surface area contributed by atoms with E-state index in [0.29, 0.717) is 24.5 Å². The summed E-state index contributed by atoms with van der Waals surface area (Å²) >= 11 is 10.0. The number of imidazole rings is 2. The first kappa shape index (κ1) is 38.3. The third-order valence-corrected chi connectivity index (χ3v) is 12.6. The lowest BCUT2D eigenvalue weighted by Crippen LogP contribution is -2.34. The number of hydrogen-bond donors (Lipinski definition) is 8. The summed E-state index contributed by atoms with van der Waals surface area (Å²) in [6.07, 6.45) is -5.50. The highest BCUT2D eigenvalue weighted by Gasteiger charge is 2.47. The van der Waals surface area contributed by atoms with E-state index in [2.05, 4.69) is 29.9 Å². The van der Waals surface area contributed by atoms with Crippen molar-refractivity contribution in [3.05, 3.63) is 24.3 Å². The number of aromatic nitrogens is 8. The molecule has 6 rings (SSSR count). The second kappa shape index (κ2) is 15.1. The van der Waals surface area contributed by atoms with Gasteiger partial charge in [0.05, 0.1) is 25.9 Å². The number of aliphatic hydroxyl groups excluding tert-OH is 4. The van der Waals surface area contributed by atoms with Gasteiger partial charge in [-0.3, -0.25) is 9.13 Å². The highest BCUT2D eigenvalue weighted by atomic mass is 32.5. The van der Waals surface area contributed by atoms with E-state index in [9.17, 15) is 30.2 Å². The smallest absolute Gasteiger partial charge is 0.331 e. The standard InChI is InChI=1S/C26H38N10O11P2S2/c1-3-5-13-31-21(27)15-23(33-13)35(9-29-15)25-19(39)17(37)11(45-25)7-43-48(41,50)47-49(42,51)44-8-12-18(38)20(40)26(46-12)36-10-30-16-22(28)32-14(6-4-2)34-24(16)36/h9-12,17-20,25-26,37-40H,3-8H2,1-2H3,(H,41,50)(H,42,51)(H2,27,31,33)(H2,28,32,34)/t11-,12-,17-,18-,19-,20-,25-,26-,48?,49?/m1/s1. The Morgan fingerprint density at radius 2 is 1.10 bits per heavy atom. The maximum atomic E-state index is 10.8. The average Bonchev–Trinajstić information content (AvgIpc) is 3.81. The Labute approximate surface area is 300 Å². The fourth-order valence-electron chi connectivity index (χ4n) is 5.72.